The van der Waals surface area contributed by atoms with Crippen molar-refractivity contribution < 1.29 is 23.0 Å². The zero-order valence-electron chi connectivity index (χ0n) is 9.22. The zero-order valence-corrected chi connectivity index (χ0v) is 9.22. The molecule has 0 aromatic heterocycles. The lowest BCUT2D eigenvalue weighted by Gasteiger charge is -2.20. The summed E-state index contributed by atoms with van der Waals surface area (Å²) in [5.74, 6) is 0.480. The number of ether oxygens (including phenoxy) is 1. The number of hydrogen-bond acceptors (Lipinski definition) is 2. The maximum absolute atomic E-state index is 12.4. The van der Waals surface area contributed by atoms with Crippen molar-refractivity contribution in [3.05, 3.63) is 28.8 Å². The summed E-state index contributed by atoms with van der Waals surface area (Å²) in [6.07, 6.45) is -7.09. The van der Waals surface area contributed by atoms with Crippen molar-refractivity contribution in [3.63, 3.8) is 0 Å². The zero-order chi connectivity index (χ0) is 12.5. The molecule has 1 aromatic rings. The maximum Gasteiger partial charge on any atom is 0.418 e. The molecule has 90 valence electrons. The Hall–Kier alpha value is -1.23. The second-order valence-corrected chi connectivity index (χ2v) is 3.62. The molecule has 1 N–H and O–H groups in total. The molecular weight excluding hydrogens is 221 g/mol. The Labute approximate surface area is 91.7 Å². The minimum absolute atomic E-state index is 0.103. The molecular formula is C11H13F3O2. The number of halogens is 3. The van der Waals surface area contributed by atoms with Crippen LogP contribution in [0.15, 0.2) is 12.1 Å². The summed E-state index contributed by atoms with van der Waals surface area (Å²) in [5.41, 5.74) is 0.622. The van der Waals surface area contributed by atoms with Gasteiger partial charge >= 0.3 is 6.18 Å². The van der Waals surface area contributed by atoms with Gasteiger partial charge in [0, 0.05) is 0 Å². The highest BCUT2D eigenvalue weighted by molar-refractivity contribution is 5.42. The summed E-state index contributed by atoms with van der Waals surface area (Å²) in [6, 6.07) is 2.94. The van der Waals surface area contributed by atoms with E-state index in [2.05, 4.69) is 0 Å². The SMILES string of the molecule is COc1cc(C)c(C(O)C(F)(F)F)c(C)c1. The van der Waals surface area contributed by atoms with Gasteiger partial charge in [-0.3, -0.25) is 0 Å². The molecule has 5 heteroatoms. The Morgan fingerprint density at radius 1 is 1.19 bits per heavy atom. The number of methoxy groups -OCH3 is 1. The van der Waals surface area contributed by atoms with Crippen molar-refractivity contribution >= 4 is 0 Å². The first-order valence-corrected chi connectivity index (χ1v) is 4.67. The van der Waals surface area contributed by atoms with Crippen molar-refractivity contribution in [3.8, 4) is 5.75 Å². The van der Waals surface area contributed by atoms with Crippen LogP contribution in [0.3, 0.4) is 0 Å². The van der Waals surface area contributed by atoms with Gasteiger partial charge in [-0.25, -0.2) is 0 Å². The van der Waals surface area contributed by atoms with E-state index in [4.69, 9.17) is 4.74 Å². The van der Waals surface area contributed by atoms with Crippen LogP contribution in [-0.2, 0) is 0 Å². The van der Waals surface area contributed by atoms with Crippen LogP contribution in [-0.4, -0.2) is 18.4 Å². The molecule has 0 spiro atoms. The third-order valence-electron chi connectivity index (χ3n) is 2.39. The molecule has 2 nitrogen and oxygen atoms in total. The van der Waals surface area contributed by atoms with Gasteiger partial charge in [0.05, 0.1) is 7.11 Å². The van der Waals surface area contributed by atoms with E-state index in [0.29, 0.717) is 16.9 Å². The second kappa shape index (κ2) is 4.33. The van der Waals surface area contributed by atoms with Gasteiger partial charge in [-0.2, -0.15) is 13.2 Å². The molecule has 0 aliphatic carbocycles. The van der Waals surface area contributed by atoms with Crippen LogP contribution in [0.5, 0.6) is 5.75 Å². The smallest absolute Gasteiger partial charge is 0.418 e. The van der Waals surface area contributed by atoms with E-state index >= 15 is 0 Å². The third-order valence-corrected chi connectivity index (χ3v) is 2.39. The minimum Gasteiger partial charge on any atom is -0.497 e. The fraction of sp³-hybridized carbons (Fsp3) is 0.455. The highest BCUT2D eigenvalue weighted by Gasteiger charge is 2.40. The predicted molar refractivity (Wildman–Crippen MR) is 53.5 cm³/mol. The number of alkyl halides is 3. The Kier molecular flexibility index (Phi) is 3.48. The number of rotatable bonds is 2. The van der Waals surface area contributed by atoms with Crippen LogP contribution in [0.2, 0.25) is 0 Å². The van der Waals surface area contributed by atoms with Gasteiger partial charge in [-0.1, -0.05) is 0 Å². The third kappa shape index (κ3) is 2.47. The average Bonchev–Trinajstić information content (AvgIpc) is 2.14. The number of aliphatic hydroxyl groups is 1. The van der Waals surface area contributed by atoms with E-state index in [1.165, 1.54) is 33.1 Å². The Morgan fingerprint density at radius 2 is 1.62 bits per heavy atom. The van der Waals surface area contributed by atoms with E-state index in [1.807, 2.05) is 0 Å². The Morgan fingerprint density at radius 3 is 1.94 bits per heavy atom. The van der Waals surface area contributed by atoms with Crippen molar-refractivity contribution in [2.45, 2.75) is 26.1 Å². The first kappa shape index (κ1) is 12.8. The molecule has 16 heavy (non-hydrogen) atoms. The van der Waals surface area contributed by atoms with Gasteiger partial charge in [0.1, 0.15) is 5.75 Å². The van der Waals surface area contributed by atoms with Gasteiger partial charge in [0.2, 0.25) is 0 Å². The average molecular weight is 234 g/mol. The van der Waals surface area contributed by atoms with Gasteiger partial charge in [-0.05, 0) is 42.7 Å². The summed E-state index contributed by atoms with van der Waals surface area (Å²) >= 11 is 0. The number of aryl methyl sites for hydroxylation is 2. The monoisotopic (exact) mass is 234 g/mol. The normalized spacial score (nSPS) is 13.7. The molecule has 0 fully saturated rings. The molecule has 0 heterocycles. The van der Waals surface area contributed by atoms with E-state index < -0.39 is 12.3 Å². The lowest BCUT2D eigenvalue weighted by atomic mass is 9.97. The number of hydrogen-bond donors (Lipinski definition) is 1. The van der Waals surface area contributed by atoms with E-state index in [0.717, 1.165) is 0 Å². The van der Waals surface area contributed by atoms with Crippen LogP contribution >= 0.6 is 0 Å². The van der Waals surface area contributed by atoms with E-state index in [-0.39, 0.29) is 5.56 Å². The molecule has 1 aromatic carbocycles. The summed E-state index contributed by atoms with van der Waals surface area (Å²) < 4.78 is 42.1. The second-order valence-electron chi connectivity index (χ2n) is 3.62. The van der Waals surface area contributed by atoms with Crippen molar-refractivity contribution in [2.24, 2.45) is 0 Å². The van der Waals surface area contributed by atoms with Crippen LogP contribution in [0.1, 0.15) is 22.8 Å². The lowest BCUT2D eigenvalue weighted by Crippen LogP contribution is -2.22. The lowest BCUT2D eigenvalue weighted by molar-refractivity contribution is -0.207. The van der Waals surface area contributed by atoms with Crippen LogP contribution < -0.4 is 4.74 Å². The largest absolute Gasteiger partial charge is 0.497 e. The minimum atomic E-state index is -4.65. The molecule has 0 aliphatic rings. The van der Waals surface area contributed by atoms with Gasteiger partial charge < -0.3 is 9.84 Å². The van der Waals surface area contributed by atoms with Crippen LogP contribution in [0, 0.1) is 13.8 Å². The summed E-state index contributed by atoms with van der Waals surface area (Å²) in [4.78, 5) is 0. The Balaban J connectivity index is 3.25. The highest BCUT2D eigenvalue weighted by Crippen LogP contribution is 2.37. The number of aliphatic hydroxyl groups excluding tert-OH is 1. The molecule has 0 saturated heterocycles. The van der Waals surface area contributed by atoms with Gasteiger partial charge in [-0.15, -0.1) is 0 Å². The first-order chi connectivity index (χ1) is 7.27. The molecule has 1 unspecified atom stereocenters. The fourth-order valence-electron chi connectivity index (χ4n) is 1.65. The van der Waals surface area contributed by atoms with Gasteiger partial charge in [0.15, 0.2) is 6.10 Å². The molecule has 1 atom stereocenters. The topological polar surface area (TPSA) is 29.5 Å². The summed E-state index contributed by atoms with van der Waals surface area (Å²) in [5, 5.41) is 9.22. The quantitative estimate of drug-likeness (QED) is 0.852. The molecule has 0 radical (unpaired) electrons. The number of benzene rings is 1. The molecule has 1 rings (SSSR count). The van der Waals surface area contributed by atoms with E-state index in [1.54, 1.807) is 0 Å². The predicted octanol–water partition coefficient (Wildman–Crippen LogP) is 2.91. The standard InChI is InChI=1S/C11H13F3O2/c1-6-4-8(16-3)5-7(2)9(6)10(15)11(12,13)14/h4-5,10,15H,1-3H3. The highest BCUT2D eigenvalue weighted by atomic mass is 19.4. The maximum atomic E-state index is 12.4. The molecule has 0 saturated carbocycles. The first-order valence-electron chi connectivity index (χ1n) is 4.67. The molecule has 0 aliphatic heterocycles. The molecule has 0 amide bonds. The van der Waals surface area contributed by atoms with Crippen molar-refractivity contribution in [1.29, 1.82) is 0 Å². The Bertz CT molecular complexity index is 362. The van der Waals surface area contributed by atoms with Crippen molar-refractivity contribution in [1.82, 2.24) is 0 Å². The van der Waals surface area contributed by atoms with Crippen LogP contribution in [0.4, 0.5) is 13.2 Å². The fourth-order valence-corrected chi connectivity index (χ4v) is 1.65. The summed E-state index contributed by atoms with van der Waals surface area (Å²) in [7, 11) is 1.44. The summed E-state index contributed by atoms with van der Waals surface area (Å²) in [6.45, 7) is 3.03. The molecule has 0 bridgehead atoms. The van der Waals surface area contributed by atoms with Gasteiger partial charge in [0.25, 0.3) is 0 Å². The van der Waals surface area contributed by atoms with Crippen LogP contribution in [0.25, 0.3) is 0 Å². The van der Waals surface area contributed by atoms with E-state index in [9.17, 15) is 18.3 Å². The van der Waals surface area contributed by atoms with Crippen molar-refractivity contribution in [2.75, 3.05) is 7.11 Å².